The van der Waals surface area contributed by atoms with Crippen LogP contribution in [0.15, 0.2) is 0 Å². The maximum absolute atomic E-state index is 11.6. The molecule has 2 atom stereocenters. The molecule has 78 valence electrons. The van der Waals surface area contributed by atoms with Gasteiger partial charge in [0.2, 0.25) is 0 Å². The quantitative estimate of drug-likeness (QED) is 0.431. The van der Waals surface area contributed by atoms with Gasteiger partial charge in [-0.1, -0.05) is 19.6 Å². The van der Waals surface area contributed by atoms with E-state index in [4.69, 9.17) is 4.74 Å². The normalized spacial score (nSPS) is 15.5. The first-order valence-electron chi connectivity index (χ1n) is 5.55. The van der Waals surface area contributed by atoms with E-state index in [2.05, 4.69) is 13.8 Å². The SMILES string of the molecule is BC(B)C(B)C(=O)OC(C)CC(C)C. The van der Waals surface area contributed by atoms with E-state index < -0.39 is 0 Å². The lowest BCUT2D eigenvalue weighted by atomic mass is 9.57. The van der Waals surface area contributed by atoms with E-state index in [1.54, 1.807) is 0 Å². The summed E-state index contributed by atoms with van der Waals surface area (Å²) in [6.45, 7) is 6.23. The second-order valence-corrected chi connectivity index (χ2v) is 4.91. The third-order valence-corrected chi connectivity index (χ3v) is 2.49. The molecule has 0 saturated heterocycles. The van der Waals surface area contributed by atoms with Crippen molar-refractivity contribution in [1.82, 2.24) is 0 Å². The Morgan fingerprint density at radius 2 is 1.71 bits per heavy atom. The topological polar surface area (TPSA) is 26.3 Å². The Hall–Kier alpha value is -0.335. The molecule has 0 rings (SSSR count). The Morgan fingerprint density at radius 3 is 2.07 bits per heavy atom. The Bertz CT molecular complexity index is 183. The van der Waals surface area contributed by atoms with E-state index in [-0.39, 0.29) is 17.9 Å². The summed E-state index contributed by atoms with van der Waals surface area (Å²) in [5, 5.41) is 0. The molecular weight excluding hydrogens is 173 g/mol. The van der Waals surface area contributed by atoms with Gasteiger partial charge in [0.05, 0.1) is 21.8 Å². The number of esters is 1. The van der Waals surface area contributed by atoms with Crippen LogP contribution >= 0.6 is 0 Å². The van der Waals surface area contributed by atoms with Crippen LogP contribution < -0.4 is 0 Å². The van der Waals surface area contributed by atoms with Gasteiger partial charge in [0.1, 0.15) is 7.85 Å². The highest BCUT2D eigenvalue weighted by Gasteiger charge is 2.20. The van der Waals surface area contributed by atoms with Crippen molar-refractivity contribution in [1.29, 1.82) is 0 Å². The van der Waals surface area contributed by atoms with Gasteiger partial charge in [0.15, 0.2) is 0 Å². The van der Waals surface area contributed by atoms with Crippen LogP contribution in [0.25, 0.3) is 0 Å². The molecule has 0 aliphatic carbocycles. The number of hydrogen-bond donors (Lipinski definition) is 0. The molecule has 0 aromatic heterocycles. The monoisotopic (exact) mass is 194 g/mol. The average Bonchev–Trinajstić information content (AvgIpc) is 2.00. The molecule has 0 bridgehead atoms. The maximum Gasteiger partial charge on any atom is 0.299 e. The van der Waals surface area contributed by atoms with E-state index in [0.717, 1.165) is 6.42 Å². The molecule has 0 aromatic rings. The fourth-order valence-electron chi connectivity index (χ4n) is 1.29. The van der Waals surface area contributed by atoms with Crippen molar-refractivity contribution >= 4 is 29.5 Å². The lowest BCUT2D eigenvalue weighted by Gasteiger charge is -2.20. The van der Waals surface area contributed by atoms with Gasteiger partial charge >= 0.3 is 0 Å². The van der Waals surface area contributed by atoms with Crippen LogP contribution in [-0.4, -0.2) is 35.6 Å². The molecule has 0 N–H and O–H groups in total. The van der Waals surface area contributed by atoms with Crippen molar-refractivity contribution < 1.29 is 9.53 Å². The molecule has 0 heterocycles. The standard InChI is InChI=1S/C9H21B3O2/c1-5(2)4-6(3)14-9(13)7(10)8(11)12/h5-8H,4,10-12H2,1-3H3. The summed E-state index contributed by atoms with van der Waals surface area (Å²) in [7, 11) is 6.01. The highest BCUT2D eigenvalue weighted by molar-refractivity contribution is 6.43. The summed E-state index contributed by atoms with van der Waals surface area (Å²) in [5.41, 5.74) is 0.355. The van der Waals surface area contributed by atoms with Crippen molar-refractivity contribution in [2.45, 2.75) is 44.8 Å². The molecule has 0 fully saturated rings. The molecule has 14 heavy (non-hydrogen) atoms. The van der Waals surface area contributed by atoms with E-state index in [1.807, 2.05) is 30.5 Å². The lowest BCUT2D eigenvalue weighted by molar-refractivity contribution is -0.148. The van der Waals surface area contributed by atoms with Crippen LogP contribution in [0.2, 0.25) is 11.5 Å². The maximum atomic E-state index is 11.6. The van der Waals surface area contributed by atoms with Crippen LogP contribution in [0, 0.1) is 5.92 Å². The zero-order valence-corrected chi connectivity index (χ0v) is 10.3. The van der Waals surface area contributed by atoms with Gasteiger partial charge in [-0.15, -0.1) is 0 Å². The van der Waals surface area contributed by atoms with E-state index in [1.165, 1.54) is 0 Å². The summed E-state index contributed by atoms with van der Waals surface area (Å²) in [5.74, 6) is 0.518. The van der Waals surface area contributed by atoms with Crippen molar-refractivity contribution in [2.75, 3.05) is 0 Å². The first-order chi connectivity index (χ1) is 6.34. The van der Waals surface area contributed by atoms with Crippen LogP contribution in [0.3, 0.4) is 0 Å². The molecular formula is C9H21B3O2. The fourth-order valence-corrected chi connectivity index (χ4v) is 1.29. The highest BCUT2D eigenvalue weighted by Crippen LogP contribution is 2.17. The Morgan fingerprint density at radius 1 is 1.21 bits per heavy atom. The highest BCUT2D eigenvalue weighted by atomic mass is 16.5. The predicted octanol–water partition coefficient (Wildman–Crippen LogP) is -0.602. The minimum absolute atomic E-state index is 0.00427. The first kappa shape index (κ1) is 13.7. The Labute approximate surface area is 90.4 Å². The minimum Gasteiger partial charge on any atom is -0.463 e. The second-order valence-electron chi connectivity index (χ2n) is 4.91. The van der Waals surface area contributed by atoms with Gasteiger partial charge in [0, 0.05) is 5.82 Å². The number of rotatable bonds is 5. The molecule has 0 radical (unpaired) electrons. The number of carbonyl (C=O) groups excluding carboxylic acids is 1. The van der Waals surface area contributed by atoms with Gasteiger partial charge in [-0.25, -0.2) is 0 Å². The molecule has 0 aliphatic rings. The summed E-state index contributed by atoms with van der Waals surface area (Å²) in [6, 6.07) is 0. The molecule has 2 unspecified atom stereocenters. The number of hydrogen-bond acceptors (Lipinski definition) is 2. The zero-order chi connectivity index (χ0) is 11.3. The van der Waals surface area contributed by atoms with Crippen molar-refractivity contribution in [3.8, 4) is 0 Å². The van der Waals surface area contributed by atoms with Crippen molar-refractivity contribution in [3.05, 3.63) is 0 Å². The zero-order valence-electron chi connectivity index (χ0n) is 10.3. The summed E-state index contributed by atoms with van der Waals surface area (Å²) < 4.78 is 5.35. The van der Waals surface area contributed by atoms with E-state index in [0.29, 0.717) is 11.6 Å². The summed E-state index contributed by atoms with van der Waals surface area (Å²) >= 11 is 0. The van der Waals surface area contributed by atoms with E-state index >= 15 is 0 Å². The van der Waals surface area contributed by atoms with E-state index in [9.17, 15) is 4.79 Å². The van der Waals surface area contributed by atoms with Crippen LogP contribution in [0.1, 0.15) is 27.2 Å². The number of carbonyl (C=O) groups is 1. The largest absolute Gasteiger partial charge is 0.463 e. The van der Waals surface area contributed by atoms with Gasteiger partial charge < -0.3 is 4.74 Å². The van der Waals surface area contributed by atoms with Crippen molar-refractivity contribution in [3.63, 3.8) is 0 Å². The van der Waals surface area contributed by atoms with Gasteiger partial charge in [-0.05, 0) is 19.3 Å². The van der Waals surface area contributed by atoms with Gasteiger partial charge in [-0.3, -0.25) is 4.79 Å². The minimum atomic E-state index is -0.0619. The predicted molar refractivity (Wildman–Crippen MR) is 68.1 cm³/mol. The van der Waals surface area contributed by atoms with Crippen LogP contribution in [0.4, 0.5) is 0 Å². The molecule has 0 saturated carbocycles. The summed E-state index contributed by atoms with van der Waals surface area (Å²) in [4.78, 5) is 11.6. The van der Waals surface area contributed by atoms with Gasteiger partial charge in [0.25, 0.3) is 5.97 Å². The molecule has 0 aromatic carbocycles. The smallest absolute Gasteiger partial charge is 0.299 e. The van der Waals surface area contributed by atoms with Crippen LogP contribution in [-0.2, 0) is 9.53 Å². The lowest BCUT2D eigenvalue weighted by Crippen LogP contribution is -2.23. The second kappa shape index (κ2) is 6.21. The first-order valence-corrected chi connectivity index (χ1v) is 5.55. The molecule has 5 heteroatoms. The van der Waals surface area contributed by atoms with Gasteiger partial charge in [-0.2, -0.15) is 0 Å². The molecule has 0 spiro atoms. The van der Waals surface area contributed by atoms with Crippen molar-refractivity contribution in [2.24, 2.45) is 5.92 Å². The molecule has 0 amide bonds. The molecule has 0 aliphatic heterocycles. The third kappa shape index (κ3) is 5.41. The molecule has 2 nitrogen and oxygen atoms in total. The number of ether oxygens (including phenoxy) is 1. The third-order valence-electron chi connectivity index (χ3n) is 2.49. The fraction of sp³-hybridized carbons (Fsp3) is 0.889. The summed E-state index contributed by atoms with van der Waals surface area (Å²) in [6.07, 6.45) is 0.986. The Kier molecular flexibility index (Phi) is 6.06. The average molecular weight is 194 g/mol. The Balaban J connectivity index is 3.93. The van der Waals surface area contributed by atoms with Crippen LogP contribution in [0.5, 0.6) is 0 Å².